The normalized spacial score (nSPS) is 19.5. The SMILES string of the molecule is C=CCOC(=O)NCc1cccc(-c2ccc([C@H]3O[C@@H](CN4CCN(c5ccc([N+](=O)[O-])cc5)CC4)C[C@@H](c4ccc(CO)cc4)O3)cc2)c1. The Morgan fingerprint density at radius 2 is 1.64 bits per heavy atom. The highest BCUT2D eigenvalue weighted by Crippen LogP contribution is 2.39. The molecule has 0 saturated carbocycles. The molecule has 0 unspecified atom stereocenters. The molecule has 50 heavy (non-hydrogen) atoms. The van der Waals surface area contributed by atoms with Crippen LogP contribution in [-0.4, -0.2) is 66.5 Å². The van der Waals surface area contributed by atoms with E-state index in [0.717, 1.165) is 71.8 Å². The van der Waals surface area contributed by atoms with Gasteiger partial charge in [0.15, 0.2) is 6.29 Å². The van der Waals surface area contributed by atoms with Crippen LogP contribution in [0.15, 0.2) is 110 Å². The van der Waals surface area contributed by atoms with Gasteiger partial charge in [-0.05, 0) is 46.0 Å². The predicted octanol–water partition coefficient (Wildman–Crippen LogP) is 6.53. The van der Waals surface area contributed by atoms with Gasteiger partial charge in [0.25, 0.3) is 5.69 Å². The van der Waals surface area contributed by atoms with Gasteiger partial charge in [0.1, 0.15) is 6.61 Å². The van der Waals surface area contributed by atoms with Crippen molar-refractivity contribution in [1.82, 2.24) is 10.2 Å². The van der Waals surface area contributed by atoms with Crippen molar-refractivity contribution in [2.45, 2.75) is 38.1 Å². The monoisotopic (exact) mass is 678 g/mol. The van der Waals surface area contributed by atoms with E-state index in [-0.39, 0.29) is 36.0 Å². The predicted molar refractivity (Wildman–Crippen MR) is 190 cm³/mol. The van der Waals surface area contributed by atoms with Crippen molar-refractivity contribution in [3.8, 4) is 11.1 Å². The fourth-order valence-electron chi connectivity index (χ4n) is 6.35. The number of aliphatic hydroxyl groups excluding tert-OH is 1. The van der Waals surface area contributed by atoms with Gasteiger partial charge < -0.3 is 29.5 Å². The number of amides is 1. The van der Waals surface area contributed by atoms with Gasteiger partial charge in [0.2, 0.25) is 0 Å². The summed E-state index contributed by atoms with van der Waals surface area (Å²) in [6.07, 6.45) is 0.899. The second kappa shape index (κ2) is 16.6. The molecule has 0 aliphatic carbocycles. The van der Waals surface area contributed by atoms with Crippen molar-refractivity contribution in [3.63, 3.8) is 0 Å². The molecule has 0 bridgehead atoms. The van der Waals surface area contributed by atoms with Crippen LogP contribution < -0.4 is 10.2 Å². The van der Waals surface area contributed by atoms with Crippen molar-refractivity contribution in [2.75, 3.05) is 44.2 Å². The Morgan fingerprint density at radius 3 is 2.32 bits per heavy atom. The van der Waals surface area contributed by atoms with Crippen molar-refractivity contribution in [3.05, 3.63) is 142 Å². The molecule has 3 atom stereocenters. The van der Waals surface area contributed by atoms with Gasteiger partial charge in [0.05, 0.1) is 23.7 Å². The molecule has 0 radical (unpaired) electrons. The van der Waals surface area contributed by atoms with Crippen LogP contribution in [0.4, 0.5) is 16.2 Å². The Bertz CT molecular complexity index is 1740. The molecular formula is C39H42N4O7. The molecule has 2 saturated heterocycles. The van der Waals surface area contributed by atoms with E-state index in [4.69, 9.17) is 14.2 Å². The summed E-state index contributed by atoms with van der Waals surface area (Å²) in [5.41, 5.74) is 6.89. The molecule has 1 amide bonds. The minimum Gasteiger partial charge on any atom is -0.445 e. The molecule has 2 heterocycles. The maximum absolute atomic E-state index is 11.9. The summed E-state index contributed by atoms with van der Waals surface area (Å²) in [5, 5.41) is 23.4. The first-order valence-electron chi connectivity index (χ1n) is 16.8. The lowest BCUT2D eigenvalue weighted by atomic mass is 9.98. The molecular weight excluding hydrogens is 636 g/mol. The number of alkyl carbamates (subject to hydrolysis) is 1. The van der Waals surface area contributed by atoms with Crippen LogP contribution in [0.25, 0.3) is 11.1 Å². The van der Waals surface area contributed by atoms with Crippen LogP contribution in [0, 0.1) is 10.1 Å². The number of nitro benzene ring substituents is 1. The highest BCUT2D eigenvalue weighted by Gasteiger charge is 2.34. The number of hydrogen-bond donors (Lipinski definition) is 2. The highest BCUT2D eigenvalue weighted by molar-refractivity contribution is 5.68. The molecule has 11 nitrogen and oxygen atoms in total. The van der Waals surface area contributed by atoms with E-state index in [1.807, 2.05) is 72.8 Å². The second-order valence-corrected chi connectivity index (χ2v) is 12.5. The summed E-state index contributed by atoms with van der Waals surface area (Å²) >= 11 is 0. The Kier molecular flexibility index (Phi) is 11.5. The number of nitro groups is 1. The molecule has 260 valence electrons. The number of anilines is 1. The zero-order chi connectivity index (χ0) is 34.9. The lowest BCUT2D eigenvalue weighted by Gasteiger charge is -2.41. The number of carbonyl (C=O) groups is 1. The summed E-state index contributed by atoms with van der Waals surface area (Å²) in [4.78, 5) is 27.2. The van der Waals surface area contributed by atoms with Crippen LogP contribution in [-0.2, 0) is 27.4 Å². The number of nitrogens with one attached hydrogen (secondary N) is 1. The molecule has 11 heteroatoms. The van der Waals surface area contributed by atoms with E-state index in [1.54, 1.807) is 12.1 Å². The quantitative estimate of drug-likeness (QED) is 0.0977. The molecule has 2 N–H and O–H groups in total. The maximum atomic E-state index is 11.9. The van der Waals surface area contributed by atoms with Gasteiger partial charge in [-0.2, -0.15) is 0 Å². The number of nitrogens with zero attached hydrogens (tertiary/aromatic N) is 3. The van der Waals surface area contributed by atoms with Crippen LogP contribution in [0.1, 0.15) is 41.1 Å². The van der Waals surface area contributed by atoms with E-state index < -0.39 is 12.4 Å². The molecule has 4 aromatic rings. The first-order valence-corrected chi connectivity index (χ1v) is 16.8. The average molecular weight is 679 g/mol. The summed E-state index contributed by atoms with van der Waals surface area (Å²) in [5.74, 6) is 0. The number of piperazine rings is 1. The third-order valence-electron chi connectivity index (χ3n) is 9.09. The van der Waals surface area contributed by atoms with Crippen LogP contribution in [0.3, 0.4) is 0 Å². The molecule has 0 spiro atoms. The molecule has 2 aliphatic heterocycles. The number of aliphatic hydroxyl groups is 1. The van der Waals surface area contributed by atoms with Crippen molar-refractivity contribution >= 4 is 17.5 Å². The number of benzene rings is 4. The van der Waals surface area contributed by atoms with Gasteiger partial charge in [-0.3, -0.25) is 15.0 Å². The van der Waals surface area contributed by atoms with Gasteiger partial charge in [-0.15, -0.1) is 0 Å². The topological polar surface area (TPSA) is 127 Å². The summed E-state index contributed by atoms with van der Waals surface area (Å²) in [6, 6.07) is 30.8. The summed E-state index contributed by atoms with van der Waals surface area (Å²) < 4.78 is 18.2. The first kappa shape index (κ1) is 34.8. The van der Waals surface area contributed by atoms with Crippen LogP contribution >= 0.6 is 0 Å². The van der Waals surface area contributed by atoms with E-state index in [2.05, 4.69) is 33.8 Å². The molecule has 4 aromatic carbocycles. The smallest absolute Gasteiger partial charge is 0.407 e. The molecule has 0 aromatic heterocycles. The molecule has 6 rings (SSSR count). The fourth-order valence-corrected chi connectivity index (χ4v) is 6.35. The Labute approximate surface area is 291 Å². The largest absolute Gasteiger partial charge is 0.445 e. The van der Waals surface area contributed by atoms with Gasteiger partial charge in [-0.25, -0.2) is 4.79 Å². The summed E-state index contributed by atoms with van der Waals surface area (Å²) in [6.45, 7) is 8.11. The van der Waals surface area contributed by atoms with Crippen LogP contribution in [0.2, 0.25) is 0 Å². The third-order valence-corrected chi connectivity index (χ3v) is 9.09. The van der Waals surface area contributed by atoms with Gasteiger partial charge in [0, 0.05) is 69.1 Å². The number of rotatable bonds is 12. The number of carbonyl (C=O) groups excluding carboxylic acids is 1. The number of non-ortho nitro benzene ring substituents is 1. The summed E-state index contributed by atoms with van der Waals surface area (Å²) in [7, 11) is 0. The lowest BCUT2D eigenvalue weighted by Crippen LogP contribution is -2.49. The first-order chi connectivity index (χ1) is 24.4. The van der Waals surface area contributed by atoms with Crippen LogP contribution in [0.5, 0.6) is 0 Å². The van der Waals surface area contributed by atoms with Gasteiger partial charge in [-0.1, -0.05) is 79.4 Å². The Morgan fingerprint density at radius 1 is 0.920 bits per heavy atom. The van der Waals surface area contributed by atoms with E-state index in [0.29, 0.717) is 13.0 Å². The van der Waals surface area contributed by atoms with E-state index in [1.165, 1.54) is 6.08 Å². The molecule has 2 fully saturated rings. The Hall–Kier alpha value is -5.07. The fraction of sp³-hybridized carbons (Fsp3) is 0.308. The lowest BCUT2D eigenvalue weighted by molar-refractivity contribution is -0.384. The maximum Gasteiger partial charge on any atom is 0.407 e. The average Bonchev–Trinajstić information content (AvgIpc) is 3.16. The van der Waals surface area contributed by atoms with E-state index in [9.17, 15) is 20.0 Å². The minimum absolute atomic E-state index is 0.0138. The molecule has 2 aliphatic rings. The van der Waals surface area contributed by atoms with Crippen molar-refractivity contribution < 1.29 is 29.0 Å². The van der Waals surface area contributed by atoms with E-state index >= 15 is 0 Å². The standard InChI is InChI=1S/C39H42N4O7/c1-2-22-48-39(45)40-25-29-4-3-5-33(23-29)30-10-12-32(13-11-30)38-49-36(24-37(50-38)31-8-6-28(27-44)7-9-31)26-41-18-20-42(21-19-41)34-14-16-35(17-15-34)43(46)47/h2-17,23,36-38,44H,1,18-22,24-27H2,(H,40,45)/t36-,37+,38+/m1/s1. The third kappa shape index (κ3) is 8.93. The minimum atomic E-state index is -0.566. The van der Waals surface area contributed by atoms with Gasteiger partial charge >= 0.3 is 6.09 Å². The zero-order valence-electron chi connectivity index (χ0n) is 27.9. The highest BCUT2D eigenvalue weighted by atomic mass is 16.7. The van der Waals surface area contributed by atoms with Crippen molar-refractivity contribution in [1.29, 1.82) is 0 Å². The Balaban J connectivity index is 1.12. The number of ether oxygens (including phenoxy) is 3. The number of hydrogen-bond acceptors (Lipinski definition) is 9. The van der Waals surface area contributed by atoms with Crippen molar-refractivity contribution in [2.24, 2.45) is 0 Å². The second-order valence-electron chi connectivity index (χ2n) is 12.5. The zero-order valence-corrected chi connectivity index (χ0v) is 27.9.